The van der Waals surface area contributed by atoms with Crippen molar-refractivity contribution < 1.29 is 19.1 Å². The summed E-state index contributed by atoms with van der Waals surface area (Å²) in [6.07, 6.45) is 1.65. The number of hydrogen-bond acceptors (Lipinski definition) is 5. The van der Waals surface area contributed by atoms with Gasteiger partial charge in [0.15, 0.2) is 6.61 Å². The van der Waals surface area contributed by atoms with Crippen LogP contribution >= 0.6 is 50.3 Å². The zero-order valence-corrected chi connectivity index (χ0v) is 18.9. The van der Waals surface area contributed by atoms with Crippen LogP contribution < -0.4 is 10.5 Å². The summed E-state index contributed by atoms with van der Waals surface area (Å²) in [6.45, 7) is 0.0118. The first-order chi connectivity index (χ1) is 13.3. The normalized spacial score (nSPS) is 15.4. The average Bonchev–Trinajstić information content (AvgIpc) is 2.90. The Bertz CT molecular complexity index is 978. The predicted octanol–water partition coefficient (Wildman–Crippen LogP) is 4.15. The number of thioether (sulfide) groups is 1. The number of primary amides is 1. The van der Waals surface area contributed by atoms with Crippen molar-refractivity contribution >= 4 is 73.4 Å². The Kier molecular flexibility index (Phi) is 6.78. The van der Waals surface area contributed by atoms with Crippen molar-refractivity contribution in [2.75, 3.05) is 6.61 Å². The molecule has 1 heterocycles. The molecular weight excluding hydrogens is 559 g/mol. The van der Waals surface area contributed by atoms with Crippen molar-refractivity contribution in [1.82, 2.24) is 4.90 Å². The van der Waals surface area contributed by atoms with Crippen molar-refractivity contribution in [2.45, 2.75) is 6.54 Å². The summed E-state index contributed by atoms with van der Waals surface area (Å²) in [6, 6.07) is 12.8. The van der Waals surface area contributed by atoms with Gasteiger partial charge in [0.25, 0.3) is 17.1 Å². The molecule has 6 nitrogen and oxygen atoms in total. The first-order valence-corrected chi connectivity index (χ1v) is 10.7. The molecule has 1 aliphatic rings. The number of carbonyl (C=O) groups is 3. The Balaban J connectivity index is 1.75. The van der Waals surface area contributed by atoms with E-state index in [0.29, 0.717) is 15.1 Å². The van der Waals surface area contributed by atoms with E-state index in [4.69, 9.17) is 10.5 Å². The van der Waals surface area contributed by atoms with Crippen LogP contribution in [0.3, 0.4) is 0 Å². The number of nitrogens with zero attached hydrogens (tertiary/aromatic N) is 1. The molecule has 0 unspecified atom stereocenters. The van der Waals surface area contributed by atoms with Crippen LogP contribution in [0.4, 0.5) is 4.79 Å². The van der Waals surface area contributed by atoms with Gasteiger partial charge in [-0.15, -0.1) is 0 Å². The van der Waals surface area contributed by atoms with Crippen molar-refractivity contribution in [1.29, 1.82) is 0 Å². The van der Waals surface area contributed by atoms with E-state index in [9.17, 15) is 14.4 Å². The second-order valence-corrected chi connectivity index (χ2v) is 8.93. The molecule has 2 aromatic rings. The predicted molar refractivity (Wildman–Crippen MR) is 120 cm³/mol. The Hall–Kier alpha value is -1.85. The van der Waals surface area contributed by atoms with E-state index in [1.54, 1.807) is 24.3 Å². The fraction of sp³-hybridized carbons (Fsp3) is 0.105. The maximum Gasteiger partial charge on any atom is 0.293 e. The summed E-state index contributed by atoms with van der Waals surface area (Å²) in [7, 11) is 0. The largest absolute Gasteiger partial charge is 0.483 e. The van der Waals surface area contributed by atoms with Crippen LogP contribution in [-0.2, 0) is 16.1 Å². The van der Waals surface area contributed by atoms with Gasteiger partial charge in [0.05, 0.1) is 15.9 Å². The molecule has 1 saturated heterocycles. The van der Waals surface area contributed by atoms with Gasteiger partial charge < -0.3 is 10.5 Å². The van der Waals surface area contributed by atoms with E-state index in [0.717, 1.165) is 26.5 Å². The monoisotopic (exact) mass is 572 g/mol. The minimum atomic E-state index is -0.572. The molecule has 3 amide bonds. The molecule has 1 fully saturated rings. The quantitative estimate of drug-likeness (QED) is 0.415. The average molecular weight is 573 g/mol. The van der Waals surface area contributed by atoms with Gasteiger partial charge in [-0.1, -0.05) is 18.2 Å². The van der Waals surface area contributed by atoms with Gasteiger partial charge in [-0.25, -0.2) is 0 Å². The highest BCUT2D eigenvalue weighted by Crippen LogP contribution is 2.34. The summed E-state index contributed by atoms with van der Waals surface area (Å²) in [5.74, 6) is -0.431. The van der Waals surface area contributed by atoms with Crippen LogP contribution in [0, 0.1) is 3.57 Å². The first kappa shape index (κ1) is 20.9. The summed E-state index contributed by atoms with van der Waals surface area (Å²) in [4.78, 5) is 37.3. The van der Waals surface area contributed by atoms with E-state index >= 15 is 0 Å². The lowest BCUT2D eigenvalue weighted by Gasteiger charge is -2.12. The number of ether oxygens (including phenoxy) is 1. The second kappa shape index (κ2) is 9.10. The van der Waals surface area contributed by atoms with E-state index in [-0.39, 0.29) is 24.3 Å². The van der Waals surface area contributed by atoms with Crippen LogP contribution in [-0.4, -0.2) is 28.6 Å². The number of rotatable bonds is 6. The zero-order chi connectivity index (χ0) is 20.3. The molecule has 28 heavy (non-hydrogen) atoms. The molecule has 0 aromatic heterocycles. The van der Waals surface area contributed by atoms with Crippen molar-refractivity contribution in [2.24, 2.45) is 5.73 Å². The molecule has 1 aliphatic heterocycles. The molecule has 9 heteroatoms. The summed E-state index contributed by atoms with van der Waals surface area (Å²) in [5.41, 5.74) is 6.68. The lowest BCUT2D eigenvalue weighted by atomic mass is 10.2. The molecule has 144 valence electrons. The molecule has 0 bridgehead atoms. The third kappa shape index (κ3) is 5.15. The zero-order valence-electron chi connectivity index (χ0n) is 14.4. The van der Waals surface area contributed by atoms with Gasteiger partial charge in [-0.05, 0) is 91.8 Å². The van der Waals surface area contributed by atoms with Gasteiger partial charge in [-0.2, -0.15) is 0 Å². The number of imide groups is 1. The Morgan fingerprint density at radius 1 is 1.21 bits per heavy atom. The first-order valence-electron chi connectivity index (χ1n) is 8.04. The maximum absolute atomic E-state index is 12.6. The highest BCUT2D eigenvalue weighted by Gasteiger charge is 2.34. The fourth-order valence-corrected chi connectivity index (χ4v) is 4.14. The van der Waals surface area contributed by atoms with Gasteiger partial charge in [-0.3, -0.25) is 19.3 Å². The number of benzene rings is 2. The minimum Gasteiger partial charge on any atom is -0.483 e. The summed E-state index contributed by atoms with van der Waals surface area (Å²) in [5, 5.41) is -0.296. The van der Waals surface area contributed by atoms with E-state index < -0.39 is 5.91 Å². The number of amides is 3. The van der Waals surface area contributed by atoms with Gasteiger partial charge in [0.1, 0.15) is 5.75 Å². The van der Waals surface area contributed by atoms with Gasteiger partial charge in [0, 0.05) is 3.57 Å². The Morgan fingerprint density at radius 2 is 1.93 bits per heavy atom. The fourth-order valence-electron chi connectivity index (χ4n) is 2.43. The van der Waals surface area contributed by atoms with Crippen LogP contribution in [0.15, 0.2) is 51.8 Å². The van der Waals surface area contributed by atoms with Gasteiger partial charge in [0.2, 0.25) is 0 Å². The topological polar surface area (TPSA) is 89.7 Å². The molecule has 0 aliphatic carbocycles. The van der Waals surface area contributed by atoms with Crippen LogP contribution in [0.5, 0.6) is 5.75 Å². The third-order valence-electron chi connectivity index (χ3n) is 3.75. The summed E-state index contributed by atoms with van der Waals surface area (Å²) < 4.78 is 6.97. The molecule has 2 aromatic carbocycles. The third-order valence-corrected chi connectivity index (χ3v) is 6.00. The van der Waals surface area contributed by atoms with Crippen LogP contribution in [0.1, 0.15) is 11.1 Å². The molecule has 0 saturated carbocycles. The van der Waals surface area contributed by atoms with Crippen molar-refractivity contribution in [3.63, 3.8) is 0 Å². The standard InChI is InChI=1S/C19H14BrIN2O4S/c20-14-7-12(3-6-15(14)27-10-17(22)24)8-16-18(25)23(19(26)28-16)9-11-1-4-13(21)5-2-11/h1-8H,9-10H2,(H2,22,24)/b16-8-. The number of halogens is 2. The summed E-state index contributed by atoms with van der Waals surface area (Å²) >= 11 is 6.47. The highest BCUT2D eigenvalue weighted by atomic mass is 127. The molecule has 0 atom stereocenters. The minimum absolute atomic E-state index is 0.227. The molecule has 3 rings (SSSR count). The van der Waals surface area contributed by atoms with Crippen molar-refractivity contribution in [3.8, 4) is 5.75 Å². The van der Waals surface area contributed by atoms with E-state index in [1.165, 1.54) is 4.90 Å². The van der Waals surface area contributed by atoms with Crippen LogP contribution in [0.25, 0.3) is 6.08 Å². The van der Waals surface area contributed by atoms with E-state index in [1.807, 2.05) is 24.3 Å². The Labute approximate surface area is 187 Å². The smallest absolute Gasteiger partial charge is 0.293 e. The molecule has 0 spiro atoms. The SMILES string of the molecule is NC(=O)COc1ccc(/C=C2\SC(=O)N(Cc3ccc(I)cc3)C2=O)cc1Br. The second-order valence-electron chi connectivity index (χ2n) is 5.84. The van der Waals surface area contributed by atoms with Crippen LogP contribution in [0.2, 0.25) is 0 Å². The van der Waals surface area contributed by atoms with Crippen molar-refractivity contribution in [3.05, 3.63) is 66.5 Å². The lowest BCUT2D eigenvalue weighted by molar-refractivity contribution is -0.123. The number of hydrogen-bond donors (Lipinski definition) is 1. The molecule has 2 N–H and O–H groups in total. The number of carbonyl (C=O) groups excluding carboxylic acids is 3. The van der Waals surface area contributed by atoms with Gasteiger partial charge >= 0.3 is 0 Å². The molecule has 0 radical (unpaired) electrons. The molecular formula is C19H14BrIN2O4S. The highest BCUT2D eigenvalue weighted by molar-refractivity contribution is 14.1. The number of nitrogens with two attached hydrogens (primary N) is 1. The van der Waals surface area contributed by atoms with E-state index in [2.05, 4.69) is 38.5 Å². The lowest BCUT2D eigenvalue weighted by Crippen LogP contribution is -2.27. The maximum atomic E-state index is 12.6. The Morgan fingerprint density at radius 3 is 2.57 bits per heavy atom.